The molecule has 0 aliphatic heterocycles. The van der Waals surface area contributed by atoms with E-state index in [2.05, 4.69) is 37.5 Å². The van der Waals surface area contributed by atoms with Crippen LogP contribution in [0.15, 0.2) is 24.3 Å². The Kier molecular flexibility index (Phi) is 5.45. The molecular weight excluding hydrogens is 212 g/mol. The van der Waals surface area contributed by atoms with E-state index in [1.54, 1.807) is 7.11 Å². The topological polar surface area (TPSA) is 33.3 Å². The van der Waals surface area contributed by atoms with Crippen LogP contribution in [0.4, 0.5) is 0 Å². The zero-order valence-corrected chi connectivity index (χ0v) is 11.3. The fourth-order valence-electron chi connectivity index (χ4n) is 1.60. The molecule has 0 radical (unpaired) electrons. The summed E-state index contributed by atoms with van der Waals surface area (Å²) in [5, 5.41) is 6.85. The van der Waals surface area contributed by atoms with Gasteiger partial charge < -0.3 is 15.4 Å². The quantitative estimate of drug-likeness (QED) is 0.743. The van der Waals surface area contributed by atoms with E-state index in [4.69, 9.17) is 4.74 Å². The van der Waals surface area contributed by atoms with Gasteiger partial charge in [0.25, 0.3) is 0 Å². The molecule has 0 atom stereocenters. The number of hydrogen-bond acceptors (Lipinski definition) is 3. The van der Waals surface area contributed by atoms with E-state index in [-0.39, 0.29) is 5.54 Å². The minimum atomic E-state index is 0.187. The van der Waals surface area contributed by atoms with Crippen molar-refractivity contribution < 1.29 is 4.74 Å². The predicted octanol–water partition coefficient (Wildman–Crippen LogP) is 2.17. The zero-order valence-electron chi connectivity index (χ0n) is 11.3. The largest absolute Gasteiger partial charge is 0.496 e. The Hall–Kier alpha value is -1.06. The molecule has 1 aromatic carbocycles. The maximum Gasteiger partial charge on any atom is 0.123 e. The molecule has 0 fully saturated rings. The van der Waals surface area contributed by atoms with Gasteiger partial charge in [-0.15, -0.1) is 0 Å². The van der Waals surface area contributed by atoms with Crippen LogP contribution in [-0.2, 0) is 6.54 Å². The second kappa shape index (κ2) is 6.62. The van der Waals surface area contributed by atoms with Gasteiger partial charge in [-0.3, -0.25) is 0 Å². The van der Waals surface area contributed by atoms with Crippen LogP contribution < -0.4 is 15.4 Å². The van der Waals surface area contributed by atoms with Crippen LogP contribution in [-0.4, -0.2) is 25.7 Å². The van der Waals surface area contributed by atoms with Crippen molar-refractivity contribution in [2.45, 2.75) is 32.9 Å². The lowest BCUT2D eigenvalue weighted by molar-refractivity contribution is 0.404. The number of para-hydroxylation sites is 1. The van der Waals surface area contributed by atoms with E-state index in [0.717, 1.165) is 25.4 Å². The summed E-state index contributed by atoms with van der Waals surface area (Å²) in [6.45, 7) is 9.29. The molecule has 0 spiro atoms. The van der Waals surface area contributed by atoms with Crippen molar-refractivity contribution in [3.63, 3.8) is 0 Å². The summed E-state index contributed by atoms with van der Waals surface area (Å²) in [7, 11) is 1.71. The first-order valence-corrected chi connectivity index (χ1v) is 6.10. The van der Waals surface area contributed by atoms with Crippen molar-refractivity contribution in [2.75, 3.05) is 20.2 Å². The average Bonchev–Trinajstić information content (AvgIpc) is 2.27. The first-order chi connectivity index (χ1) is 8.03. The molecule has 3 heteroatoms. The monoisotopic (exact) mass is 236 g/mol. The van der Waals surface area contributed by atoms with Crippen LogP contribution in [0.25, 0.3) is 0 Å². The van der Waals surface area contributed by atoms with E-state index < -0.39 is 0 Å². The van der Waals surface area contributed by atoms with Crippen LogP contribution in [0.2, 0.25) is 0 Å². The summed E-state index contributed by atoms with van der Waals surface area (Å²) in [6.07, 6.45) is 0. The van der Waals surface area contributed by atoms with Crippen LogP contribution in [0, 0.1) is 0 Å². The molecule has 0 aliphatic carbocycles. The third-order valence-electron chi connectivity index (χ3n) is 2.47. The maximum absolute atomic E-state index is 5.30. The molecule has 0 heterocycles. The highest BCUT2D eigenvalue weighted by atomic mass is 16.5. The van der Waals surface area contributed by atoms with Crippen LogP contribution >= 0.6 is 0 Å². The summed E-state index contributed by atoms with van der Waals surface area (Å²) in [4.78, 5) is 0. The van der Waals surface area contributed by atoms with Crippen molar-refractivity contribution in [1.29, 1.82) is 0 Å². The Labute approximate surface area is 105 Å². The molecule has 2 N–H and O–H groups in total. The Morgan fingerprint density at radius 3 is 2.47 bits per heavy atom. The van der Waals surface area contributed by atoms with Crippen molar-refractivity contribution in [1.82, 2.24) is 10.6 Å². The highest BCUT2D eigenvalue weighted by Gasteiger charge is 2.07. The number of rotatable bonds is 6. The van der Waals surface area contributed by atoms with Crippen molar-refractivity contribution in [2.24, 2.45) is 0 Å². The fourth-order valence-corrected chi connectivity index (χ4v) is 1.60. The minimum Gasteiger partial charge on any atom is -0.496 e. The van der Waals surface area contributed by atoms with E-state index >= 15 is 0 Å². The smallest absolute Gasteiger partial charge is 0.123 e. The molecule has 0 bridgehead atoms. The molecule has 0 saturated carbocycles. The fraction of sp³-hybridized carbons (Fsp3) is 0.571. The highest BCUT2D eigenvalue weighted by molar-refractivity contribution is 5.32. The third-order valence-corrected chi connectivity index (χ3v) is 2.47. The number of benzene rings is 1. The molecule has 3 nitrogen and oxygen atoms in total. The van der Waals surface area contributed by atoms with E-state index in [9.17, 15) is 0 Å². The molecule has 0 aromatic heterocycles. The molecule has 17 heavy (non-hydrogen) atoms. The Bertz CT molecular complexity index is 331. The number of ether oxygens (including phenoxy) is 1. The van der Waals surface area contributed by atoms with E-state index in [0.29, 0.717) is 0 Å². The van der Waals surface area contributed by atoms with Gasteiger partial charge in [-0.05, 0) is 26.8 Å². The van der Waals surface area contributed by atoms with E-state index in [1.165, 1.54) is 5.56 Å². The Balaban J connectivity index is 2.27. The second-order valence-electron chi connectivity index (χ2n) is 5.17. The lowest BCUT2D eigenvalue weighted by atomic mass is 10.1. The molecule has 1 rings (SSSR count). The maximum atomic E-state index is 5.30. The van der Waals surface area contributed by atoms with Gasteiger partial charge in [0.2, 0.25) is 0 Å². The van der Waals surface area contributed by atoms with Gasteiger partial charge in [0.1, 0.15) is 5.75 Å². The second-order valence-corrected chi connectivity index (χ2v) is 5.17. The first kappa shape index (κ1) is 14.0. The van der Waals surface area contributed by atoms with Crippen LogP contribution in [0.1, 0.15) is 26.3 Å². The van der Waals surface area contributed by atoms with Gasteiger partial charge in [0.15, 0.2) is 0 Å². The summed E-state index contributed by atoms with van der Waals surface area (Å²) < 4.78 is 5.30. The standard InChI is InChI=1S/C14H24N2O/c1-14(2,3)16-10-9-15-11-12-7-5-6-8-13(12)17-4/h5-8,15-16H,9-11H2,1-4H3. The minimum absolute atomic E-state index is 0.187. The molecule has 0 amide bonds. The van der Waals surface area contributed by atoms with Crippen molar-refractivity contribution in [3.8, 4) is 5.75 Å². The average molecular weight is 236 g/mol. The van der Waals surface area contributed by atoms with Crippen LogP contribution in [0.5, 0.6) is 5.75 Å². The molecule has 96 valence electrons. The SMILES string of the molecule is COc1ccccc1CNCCNC(C)(C)C. The van der Waals surface area contributed by atoms with Crippen molar-refractivity contribution in [3.05, 3.63) is 29.8 Å². The summed E-state index contributed by atoms with van der Waals surface area (Å²) in [5.74, 6) is 0.948. The number of nitrogens with one attached hydrogen (secondary N) is 2. The molecule has 0 saturated heterocycles. The molecular formula is C14H24N2O. The Morgan fingerprint density at radius 1 is 1.12 bits per heavy atom. The van der Waals surface area contributed by atoms with Gasteiger partial charge in [-0.1, -0.05) is 18.2 Å². The van der Waals surface area contributed by atoms with Gasteiger partial charge >= 0.3 is 0 Å². The lowest BCUT2D eigenvalue weighted by Gasteiger charge is -2.20. The normalized spacial score (nSPS) is 11.5. The summed E-state index contributed by atoms with van der Waals surface area (Å²) in [5.41, 5.74) is 1.39. The Morgan fingerprint density at radius 2 is 1.82 bits per heavy atom. The molecule has 0 unspecified atom stereocenters. The lowest BCUT2D eigenvalue weighted by Crippen LogP contribution is -2.40. The zero-order chi connectivity index (χ0) is 12.7. The number of hydrogen-bond donors (Lipinski definition) is 2. The highest BCUT2D eigenvalue weighted by Crippen LogP contribution is 2.16. The van der Waals surface area contributed by atoms with E-state index in [1.807, 2.05) is 18.2 Å². The number of methoxy groups -OCH3 is 1. The summed E-state index contributed by atoms with van der Waals surface area (Å²) >= 11 is 0. The molecule has 1 aromatic rings. The van der Waals surface area contributed by atoms with Crippen LogP contribution in [0.3, 0.4) is 0 Å². The van der Waals surface area contributed by atoms with Gasteiger partial charge in [-0.25, -0.2) is 0 Å². The first-order valence-electron chi connectivity index (χ1n) is 6.10. The van der Waals surface area contributed by atoms with Gasteiger partial charge in [-0.2, -0.15) is 0 Å². The third kappa shape index (κ3) is 5.71. The summed E-state index contributed by atoms with van der Waals surface area (Å²) in [6, 6.07) is 8.10. The van der Waals surface area contributed by atoms with Crippen molar-refractivity contribution >= 4 is 0 Å². The van der Waals surface area contributed by atoms with Gasteiger partial charge in [0.05, 0.1) is 7.11 Å². The molecule has 0 aliphatic rings. The predicted molar refractivity (Wildman–Crippen MR) is 72.5 cm³/mol. The van der Waals surface area contributed by atoms with Gasteiger partial charge in [0, 0.05) is 30.7 Å².